The molecule has 2 heterocycles. The van der Waals surface area contributed by atoms with Crippen molar-refractivity contribution in [2.75, 3.05) is 12.3 Å². The first kappa shape index (κ1) is 21.6. The van der Waals surface area contributed by atoms with Crippen LogP contribution >= 0.6 is 0 Å². The molecule has 0 fully saturated rings. The van der Waals surface area contributed by atoms with E-state index in [9.17, 15) is 18.0 Å². The van der Waals surface area contributed by atoms with Gasteiger partial charge in [0.25, 0.3) is 5.91 Å². The number of halogens is 3. The Hall–Kier alpha value is -3.66. The molecule has 0 bridgehead atoms. The predicted octanol–water partition coefficient (Wildman–Crippen LogP) is 4.32. The van der Waals surface area contributed by atoms with Crippen LogP contribution < -0.4 is 5.73 Å². The van der Waals surface area contributed by atoms with Crippen molar-refractivity contribution in [3.63, 3.8) is 0 Å². The minimum absolute atomic E-state index is 0.00996. The van der Waals surface area contributed by atoms with Gasteiger partial charge in [0.05, 0.1) is 41.3 Å². The van der Waals surface area contributed by atoms with E-state index in [1.54, 1.807) is 43.0 Å². The van der Waals surface area contributed by atoms with Gasteiger partial charge in [0.2, 0.25) is 0 Å². The third-order valence-corrected chi connectivity index (χ3v) is 5.07. The molecular weight excluding hydrogens is 423 g/mol. The molecule has 1 amide bonds. The van der Waals surface area contributed by atoms with Crippen LogP contribution in [0.1, 0.15) is 28.4 Å². The van der Waals surface area contributed by atoms with Gasteiger partial charge in [0, 0.05) is 18.0 Å². The molecule has 7 nitrogen and oxygen atoms in total. The predicted molar refractivity (Wildman–Crippen MR) is 113 cm³/mol. The first-order valence-corrected chi connectivity index (χ1v) is 9.81. The Balaban J connectivity index is 1.68. The summed E-state index contributed by atoms with van der Waals surface area (Å²) in [6.07, 6.45) is -2.81. The highest BCUT2D eigenvalue weighted by Crippen LogP contribution is 2.30. The summed E-state index contributed by atoms with van der Waals surface area (Å²) in [4.78, 5) is 23.1. The number of nitrogens with two attached hydrogens (primary N) is 1. The third-order valence-electron chi connectivity index (χ3n) is 5.07. The van der Waals surface area contributed by atoms with Crippen LogP contribution in [-0.4, -0.2) is 32.3 Å². The van der Waals surface area contributed by atoms with Crippen LogP contribution in [0.15, 0.2) is 48.7 Å². The standard InChI is InChI=1S/C22H20F3N5O2/c1-3-32-30(12-13-4-7-15(8-5-13)22(23,24)25)21(31)14-6-9-18-16(10-14)19-17(20(26)28-18)11-27-29(19)2/h4-11H,3,12H2,1-2H3,(H2,26,28). The third kappa shape index (κ3) is 3.96. The van der Waals surface area contributed by atoms with Crippen LogP contribution in [0.2, 0.25) is 0 Å². The molecule has 0 aliphatic heterocycles. The van der Waals surface area contributed by atoms with Gasteiger partial charge in [-0.15, -0.1) is 0 Å². The highest BCUT2D eigenvalue weighted by molar-refractivity contribution is 6.10. The average molecular weight is 443 g/mol. The number of pyridine rings is 1. The Morgan fingerprint density at radius 2 is 1.88 bits per heavy atom. The van der Waals surface area contributed by atoms with Crippen LogP contribution in [0.5, 0.6) is 0 Å². The first-order chi connectivity index (χ1) is 15.2. The minimum atomic E-state index is -4.42. The number of rotatable bonds is 5. The zero-order valence-electron chi connectivity index (χ0n) is 17.3. The molecule has 4 rings (SSSR count). The summed E-state index contributed by atoms with van der Waals surface area (Å²) in [5.41, 5.74) is 7.46. The number of aromatic nitrogens is 3. The Labute approximate surface area is 181 Å². The second-order valence-corrected chi connectivity index (χ2v) is 7.21. The molecule has 4 aromatic rings. The summed E-state index contributed by atoms with van der Waals surface area (Å²) in [5.74, 6) is -0.0845. The number of carbonyl (C=O) groups is 1. The van der Waals surface area contributed by atoms with Gasteiger partial charge in [0.15, 0.2) is 0 Å². The van der Waals surface area contributed by atoms with Gasteiger partial charge >= 0.3 is 6.18 Å². The summed E-state index contributed by atoms with van der Waals surface area (Å²) in [5, 5.41) is 6.73. The molecule has 0 saturated heterocycles. The lowest BCUT2D eigenvalue weighted by molar-refractivity contribution is -0.137. The van der Waals surface area contributed by atoms with E-state index >= 15 is 0 Å². The summed E-state index contributed by atoms with van der Waals surface area (Å²) in [7, 11) is 1.77. The fourth-order valence-electron chi connectivity index (χ4n) is 3.53. The van der Waals surface area contributed by atoms with Crippen molar-refractivity contribution < 1.29 is 22.8 Å². The van der Waals surface area contributed by atoms with Crippen LogP contribution in [0, 0.1) is 0 Å². The lowest BCUT2D eigenvalue weighted by atomic mass is 10.1. The van der Waals surface area contributed by atoms with Gasteiger partial charge in [-0.2, -0.15) is 18.3 Å². The quantitative estimate of drug-likeness (QED) is 0.465. The SMILES string of the molecule is CCON(Cc1ccc(C(F)(F)F)cc1)C(=O)c1ccc2nc(N)c3cnn(C)c3c2c1. The van der Waals surface area contributed by atoms with Crippen molar-refractivity contribution in [2.45, 2.75) is 19.6 Å². The number of hydrogen-bond donors (Lipinski definition) is 1. The first-order valence-electron chi connectivity index (χ1n) is 9.81. The molecule has 0 atom stereocenters. The summed E-state index contributed by atoms with van der Waals surface area (Å²) in [6, 6.07) is 9.60. The van der Waals surface area contributed by atoms with Crippen molar-refractivity contribution in [1.82, 2.24) is 19.8 Å². The maximum Gasteiger partial charge on any atom is 0.416 e. The summed E-state index contributed by atoms with van der Waals surface area (Å²) < 4.78 is 40.1. The molecule has 2 N–H and O–H groups in total. The van der Waals surface area contributed by atoms with Crippen LogP contribution in [-0.2, 0) is 24.6 Å². The molecule has 0 aliphatic carbocycles. The Bertz CT molecular complexity index is 1300. The molecular formula is C22H20F3N5O2. The molecule has 0 spiro atoms. The molecule has 2 aromatic heterocycles. The molecule has 0 saturated carbocycles. The average Bonchev–Trinajstić information content (AvgIpc) is 3.15. The van der Waals surface area contributed by atoms with E-state index < -0.39 is 17.6 Å². The monoisotopic (exact) mass is 443 g/mol. The molecule has 0 aliphatic rings. The van der Waals surface area contributed by atoms with Crippen molar-refractivity contribution in [3.8, 4) is 0 Å². The Morgan fingerprint density at radius 3 is 2.53 bits per heavy atom. The molecule has 32 heavy (non-hydrogen) atoms. The topological polar surface area (TPSA) is 86.3 Å². The van der Waals surface area contributed by atoms with Gasteiger partial charge in [-0.25, -0.2) is 10.0 Å². The lowest BCUT2D eigenvalue weighted by Gasteiger charge is -2.22. The number of hydrogen-bond acceptors (Lipinski definition) is 5. The summed E-state index contributed by atoms with van der Waals surface area (Å²) >= 11 is 0. The zero-order valence-corrected chi connectivity index (χ0v) is 17.3. The van der Waals surface area contributed by atoms with Gasteiger partial charge in [0.1, 0.15) is 5.82 Å². The second kappa shape index (κ2) is 8.12. The maximum atomic E-state index is 13.2. The van der Waals surface area contributed by atoms with Crippen LogP contribution in [0.3, 0.4) is 0 Å². The smallest absolute Gasteiger partial charge is 0.383 e. The normalized spacial score (nSPS) is 11.9. The number of carbonyl (C=O) groups excluding carboxylic acids is 1. The van der Waals surface area contributed by atoms with Crippen molar-refractivity contribution in [3.05, 3.63) is 65.4 Å². The number of nitrogen functional groups attached to an aromatic ring is 1. The molecule has 2 aromatic carbocycles. The fraction of sp³-hybridized carbons (Fsp3) is 0.227. The minimum Gasteiger partial charge on any atom is -0.383 e. The van der Waals surface area contributed by atoms with Crippen molar-refractivity contribution >= 4 is 33.5 Å². The van der Waals surface area contributed by atoms with E-state index in [1.165, 1.54) is 12.1 Å². The van der Waals surface area contributed by atoms with E-state index in [0.717, 1.165) is 22.7 Å². The number of nitrogens with zero attached hydrogens (tertiary/aromatic N) is 4. The lowest BCUT2D eigenvalue weighted by Crippen LogP contribution is -2.30. The molecule has 0 radical (unpaired) electrons. The van der Waals surface area contributed by atoms with Crippen LogP contribution in [0.4, 0.5) is 19.0 Å². The highest BCUT2D eigenvalue weighted by Gasteiger charge is 2.30. The van der Waals surface area contributed by atoms with E-state index in [2.05, 4.69) is 10.1 Å². The Morgan fingerprint density at radius 1 is 1.16 bits per heavy atom. The number of anilines is 1. The number of alkyl halides is 3. The fourth-order valence-corrected chi connectivity index (χ4v) is 3.53. The van der Waals surface area contributed by atoms with Gasteiger partial charge in [-0.05, 0) is 42.8 Å². The number of benzene rings is 2. The van der Waals surface area contributed by atoms with Crippen molar-refractivity contribution in [1.29, 1.82) is 0 Å². The highest BCUT2D eigenvalue weighted by atomic mass is 19.4. The largest absolute Gasteiger partial charge is 0.416 e. The van der Waals surface area contributed by atoms with Gasteiger partial charge in [-0.3, -0.25) is 14.3 Å². The van der Waals surface area contributed by atoms with E-state index in [4.69, 9.17) is 10.6 Å². The summed E-state index contributed by atoms with van der Waals surface area (Å²) in [6.45, 7) is 1.92. The van der Waals surface area contributed by atoms with Gasteiger partial charge < -0.3 is 5.73 Å². The van der Waals surface area contributed by atoms with E-state index in [-0.39, 0.29) is 13.2 Å². The molecule has 166 valence electrons. The Kier molecular flexibility index (Phi) is 5.47. The van der Waals surface area contributed by atoms with Crippen LogP contribution in [0.25, 0.3) is 21.8 Å². The number of amides is 1. The number of aryl methyl sites for hydroxylation is 1. The molecule has 10 heteroatoms. The number of fused-ring (bicyclic) bond motifs is 3. The molecule has 0 unspecified atom stereocenters. The zero-order chi connectivity index (χ0) is 23.0. The van der Waals surface area contributed by atoms with E-state index in [0.29, 0.717) is 33.2 Å². The number of hydroxylamine groups is 2. The van der Waals surface area contributed by atoms with Crippen molar-refractivity contribution in [2.24, 2.45) is 7.05 Å². The van der Waals surface area contributed by atoms with E-state index in [1.807, 2.05) is 0 Å². The maximum absolute atomic E-state index is 13.2. The second-order valence-electron chi connectivity index (χ2n) is 7.21. The van der Waals surface area contributed by atoms with Gasteiger partial charge in [-0.1, -0.05) is 12.1 Å².